The van der Waals surface area contributed by atoms with Crippen LogP contribution in [0.25, 0.3) is 0 Å². The minimum Gasteiger partial charge on any atom is -0.459 e. The number of halogens is 1. The zero-order valence-corrected chi connectivity index (χ0v) is 17.7. The van der Waals surface area contributed by atoms with Crippen molar-refractivity contribution < 1.29 is 18.7 Å². The van der Waals surface area contributed by atoms with Gasteiger partial charge in [0.2, 0.25) is 0 Å². The van der Waals surface area contributed by atoms with Crippen LogP contribution in [0, 0.1) is 0 Å². The molecule has 0 saturated heterocycles. The molecule has 0 saturated carbocycles. The monoisotopic (exact) mass is 426 g/mol. The van der Waals surface area contributed by atoms with Crippen molar-refractivity contribution in [1.82, 2.24) is 0 Å². The van der Waals surface area contributed by atoms with E-state index in [-0.39, 0.29) is 22.8 Å². The van der Waals surface area contributed by atoms with Gasteiger partial charge in [0.15, 0.2) is 5.76 Å². The highest BCUT2D eigenvalue weighted by Gasteiger charge is 2.14. The molecule has 6 nitrogen and oxygen atoms in total. The highest BCUT2D eigenvalue weighted by Crippen LogP contribution is 2.26. The Morgan fingerprint density at radius 1 is 1.03 bits per heavy atom. The van der Waals surface area contributed by atoms with Gasteiger partial charge in [-0.15, -0.1) is 0 Å². The second-order valence-electron chi connectivity index (χ2n) is 7.77. The van der Waals surface area contributed by atoms with Crippen molar-refractivity contribution in [2.75, 3.05) is 10.6 Å². The lowest BCUT2D eigenvalue weighted by Crippen LogP contribution is -2.14. The van der Waals surface area contributed by atoms with Crippen LogP contribution in [0.5, 0.6) is 0 Å². The van der Waals surface area contributed by atoms with Gasteiger partial charge >= 0.3 is 6.09 Å². The number of nitrogens with one attached hydrogen (secondary N) is 2. The fourth-order valence-electron chi connectivity index (χ4n) is 2.69. The average molecular weight is 427 g/mol. The Labute approximate surface area is 180 Å². The van der Waals surface area contributed by atoms with E-state index in [1.54, 1.807) is 24.3 Å². The first-order chi connectivity index (χ1) is 14.2. The van der Waals surface area contributed by atoms with Gasteiger partial charge in [0.05, 0.1) is 17.0 Å². The van der Waals surface area contributed by atoms with E-state index in [1.807, 2.05) is 24.3 Å². The summed E-state index contributed by atoms with van der Waals surface area (Å²) in [4.78, 5) is 24.1. The van der Waals surface area contributed by atoms with E-state index in [9.17, 15) is 9.59 Å². The maximum Gasteiger partial charge on any atom is 0.411 e. The van der Waals surface area contributed by atoms with E-state index in [0.29, 0.717) is 11.4 Å². The Hall–Kier alpha value is -3.25. The fourth-order valence-corrected chi connectivity index (χ4v) is 2.92. The Morgan fingerprint density at radius 2 is 1.77 bits per heavy atom. The van der Waals surface area contributed by atoms with Gasteiger partial charge in [-0.2, -0.15) is 0 Å². The molecular formula is C23H23ClN2O4. The molecule has 30 heavy (non-hydrogen) atoms. The number of carbonyl (C=O) groups is 2. The number of hydrogen-bond donors (Lipinski definition) is 2. The molecule has 1 heterocycles. The van der Waals surface area contributed by atoms with E-state index in [2.05, 4.69) is 31.4 Å². The normalized spacial score (nSPS) is 11.1. The molecule has 0 aliphatic rings. The van der Waals surface area contributed by atoms with Gasteiger partial charge in [0.1, 0.15) is 6.61 Å². The lowest BCUT2D eigenvalue weighted by molar-refractivity contribution is 0.0996. The van der Waals surface area contributed by atoms with Crippen molar-refractivity contribution in [1.29, 1.82) is 0 Å². The van der Waals surface area contributed by atoms with Crippen LogP contribution in [0.4, 0.5) is 16.2 Å². The minimum absolute atomic E-state index is 0.0691. The summed E-state index contributed by atoms with van der Waals surface area (Å²) in [7, 11) is 0. The third-order valence-electron chi connectivity index (χ3n) is 4.40. The Kier molecular flexibility index (Phi) is 6.47. The Balaban J connectivity index is 1.54. The van der Waals surface area contributed by atoms with Crippen LogP contribution in [0.15, 0.2) is 65.3 Å². The molecule has 0 aliphatic heterocycles. The third kappa shape index (κ3) is 5.64. The first kappa shape index (κ1) is 21.5. The van der Waals surface area contributed by atoms with Gasteiger partial charge in [0.25, 0.3) is 5.91 Å². The van der Waals surface area contributed by atoms with Crippen molar-refractivity contribution >= 4 is 35.0 Å². The summed E-state index contributed by atoms with van der Waals surface area (Å²) >= 11 is 6.21. The zero-order chi connectivity index (χ0) is 21.7. The molecule has 1 aromatic heterocycles. The van der Waals surface area contributed by atoms with E-state index in [4.69, 9.17) is 20.8 Å². The zero-order valence-electron chi connectivity index (χ0n) is 17.0. The van der Waals surface area contributed by atoms with Crippen molar-refractivity contribution in [3.63, 3.8) is 0 Å². The molecule has 2 aromatic carbocycles. The standard InChI is InChI=1S/C23H23ClN2O4/c1-23(2,3)16-8-6-15(7-9-16)14-30-22(28)25-17-10-11-19(18(24)13-17)26-21(27)20-5-4-12-29-20/h4-13H,14H2,1-3H3,(H,25,28)(H,26,27). The number of anilines is 2. The summed E-state index contributed by atoms with van der Waals surface area (Å²) in [5.41, 5.74) is 3.02. The summed E-state index contributed by atoms with van der Waals surface area (Å²) in [5.74, 6) is -0.244. The van der Waals surface area contributed by atoms with Crippen molar-refractivity contribution in [3.8, 4) is 0 Å². The summed E-state index contributed by atoms with van der Waals surface area (Å²) in [5, 5.41) is 5.54. The van der Waals surface area contributed by atoms with Crippen molar-refractivity contribution in [2.45, 2.75) is 32.8 Å². The van der Waals surface area contributed by atoms with Crippen LogP contribution >= 0.6 is 11.6 Å². The van der Waals surface area contributed by atoms with Gasteiger partial charge in [-0.3, -0.25) is 10.1 Å². The number of benzene rings is 2. The summed E-state index contributed by atoms with van der Waals surface area (Å²) in [6.45, 7) is 6.58. The van der Waals surface area contributed by atoms with Crippen molar-refractivity contribution in [3.05, 3.63) is 82.8 Å². The van der Waals surface area contributed by atoms with E-state index in [1.165, 1.54) is 17.9 Å². The largest absolute Gasteiger partial charge is 0.459 e. The highest BCUT2D eigenvalue weighted by atomic mass is 35.5. The quantitative estimate of drug-likeness (QED) is 0.506. The maximum absolute atomic E-state index is 12.1. The molecule has 0 bridgehead atoms. The van der Waals surface area contributed by atoms with Gasteiger partial charge in [-0.05, 0) is 46.9 Å². The van der Waals surface area contributed by atoms with E-state index in [0.717, 1.165) is 5.56 Å². The number of carbonyl (C=O) groups excluding carboxylic acids is 2. The van der Waals surface area contributed by atoms with Crippen LogP contribution in [0.2, 0.25) is 5.02 Å². The molecule has 0 fully saturated rings. The van der Waals surface area contributed by atoms with E-state index < -0.39 is 12.0 Å². The molecule has 0 spiro atoms. The fraction of sp³-hybridized carbons (Fsp3) is 0.217. The molecule has 0 atom stereocenters. The molecule has 0 aliphatic carbocycles. The lowest BCUT2D eigenvalue weighted by Gasteiger charge is -2.19. The molecule has 0 radical (unpaired) electrons. The van der Waals surface area contributed by atoms with E-state index >= 15 is 0 Å². The van der Waals surface area contributed by atoms with Gasteiger partial charge in [-0.25, -0.2) is 4.79 Å². The number of amides is 2. The second-order valence-corrected chi connectivity index (χ2v) is 8.18. The Bertz CT molecular complexity index is 1020. The molecule has 0 unspecified atom stereocenters. The maximum atomic E-state index is 12.1. The number of furan rings is 1. The first-order valence-corrected chi connectivity index (χ1v) is 9.78. The van der Waals surface area contributed by atoms with Gasteiger partial charge in [0, 0.05) is 5.69 Å². The van der Waals surface area contributed by atoms with Crippen LogP contribution in [-0.2, 0) is 16.8 Å². The topological polar surface area (TPSA) is 80.6 Å². The van der Waals surface area contributed by atoms with Crippen molar-refractivity contribution in [2.24, 2.45) is 0 Å². The predicted octanol–water partition coefficient (Wildman–Crippen LogP) is 6.23. The molecule has 7 heteroatoms. The van der Waals surface area contributed by atoms with Gasteiger partial charge < -0.3 is 14.5 Å². The number of hydrogen-bond acceptors (Lipinski definition) is 4. The Morgan fingerprint density at radius 3 is 2.37 bits per heavy atom. The number of rotatable bonds is 5. The lowest BCUT2D eigenvalue weighted by atomic mass is 9.87. The number of ether oxygens (including phenoxy) is 1. The molecule has 3 rings (SSSR count). The molecule has 3 aromatic rings. The molecule has 2 N–H and O–H groups in total. The second kappa shape index (κ2) is 9.05. The van der Waals surface area contributed by atoms with Gasteiger partial charge in [-0.1, -0.05) is 56.6 Å². The van der Waals surface area contributed by atoms with Crippen LogP contribution in [0.3, 0.4) is 0 Å². The summed E-state index contributed by atoms with van der Waals surface area (Å²) in [6.07, 6.45) is 0.812. The summed E-state index contributed by atoms with van der Waals surface area (Å²) in [6, 6.07) is 15.9. The van der Waals surface area contributed by atoms with Crippen LogP contribution in [0.1, 0.15) is 42.5 Å². The highest BCUT2D eigenvalue weighted by molar-refractivity contribution is 6.34. The SMILES string of the molecule is CC(C)(C)c1ccc(COC(=O)Nc2ccc(NC(=O)c3ccco3)c(Cl)c2)cc1. The smallest absolute Gasteiger partial charge is 0.411 e. The first-order valence-electron chi connectivity index (χ1n) is 9.40. The molecule has 156 valence electrons. The minimum atomic E-state index is -0.599. The molecular weight excluding hydrogens is 404 g/mol. The van der Waals surface area contributed by atoms with Crippen LogP contribution < -0.4 is 10.6 Å². The van der Waals surface area contributed by atoms with Crippen LogP contribution in [-0.4, -0.2) is 12.0 Å². The third-order valence-corrected chi connectivity index (χ3v) is 4.71. The average Bonchev–Trinajstić information content (AvgIpc) is 3.23. The summed E-state index contributed by atoms with van der Waals surface area (Å²) < 4.78 is 10.3. The molecule has 2 amide bonds. The predicted molar refractivity (Wildman–Crippen MR) is 117 cm³/mol.